The SMILES string of the molecule is COC(C)(C)CN1C(=O)C(C(C)C)NC1c1cccs1. The molecule has 2 heterocycles. The Balaban J connectivity index is 2.26. The lowest BCUT2D eigenvalue weighted by molar-refractivity contribution is -0.134. The van der Waals surface area contributed by atoms with Gasteiger partial charge in [0.05, 0.1) is 18.2 Å². The summed E-state index contributed by atoms with van der Waals surface area (Å²) in [6.07, 6.45) is -0.0377. The van der Waals surface area contributed by atoms with Crippen LogP contribution in [-0.4, -0.2) is 36.1 Å². The van der Waals surface area contributed by atoms with Crippen LogP contribution in [0.4, 0.5) is 0 Å². The van der Waals surface area contributed by atoms with Crippen LogP contribution < -0.4 is 5.32 Å². The lowest BCUT2D eigenvalue weighted by Crippen LogP contribution is -2.43. The summed E-state index contributed by atoms with van der Waals surface area (Å²) in [5.41, 5.74) is -0.348. The van der Waals surface area contributed by atoms with Crippen LogP contribution in [0.25, 0.3) is 0 Å². The first kappa shape index (κ1) is 15.5. The normalized spacial score (nSPS) is 23.9. The third-order valence-corrected chi connectivity index (χ3v) is 4.71. The quantitative estimate of drug-likeness (QED) is 0.908. The number of carbonyl (C=O) groups excluding carboxylic acids is 1. The summed E-state index contributed by atoms with van der Waals surface area (Å²) in [6, 6.07) is 3.98. The Kier molecular flexibility index (Phi) is 4.52. The maximum atomic E-state index is 12.7. The molecule has 4 nitrogen and oxygen atoms in total. The molecule has 1 N–H and O–H groups in total. The van der Waals surface area contributed by atoms with Crippen LogP contribution in [0.5, 0.6) is 0 Å². The van der Waals surface area contributed by atoms with Gasteiger partial charge in [0, 0.05) is 12.0 Å². The summed E-state index contributed by atoms with van der Waals surface area (Å²) in [6.45, 7) is 8.75. The van der Waals surface area contributed by atoms with Gasteiger partial charge in [-0.2, -0.15) is 0 Å². The monoisotopic (exact) mass is 296 g/mol. The molecule has 0 spiro atoms. The second-order valence-electron chi connectivity index (χ2n) is 6.24. The van der Waals surface area contributed by atoms with Crippen LogP contribution in [-0.2, 0) is 9.53 Å². The first-order valence-corrected chi connectivity index (χ1v) is 7.89. The molecule has 1 fully saturated rings. The topological polar surface area (TPSA) is 41.6 Å². The van der Waals surface area contributed by atoms with Gasteiger partial charge in [-0.3, -0.25) is 10.1 Å². The maximum Gasteiger partial charge on any atom is 0.241 e. The Morgan fingerprint density at radius 3 is 2.70 bits per heavy atom. The summed E-state index contributed by atoms with van der Waals surface area (Å²) in [5.74, 6) is 0.448. The predicted molar refractivity (Wildman–Crippen MR) is 81.6 cm³/mol. The van der Waals surface area contributed by atoms with Gasteiger partial charge in [-0.05, 0) is 31.2 Å². The van der Waals surface area contributed by atoms with E-state index in [4.69, 9.17) is 4.74 Å². The summed E-state index contributed by atoms with van der Waals surface area (Å²) in [4.78, 5) is 15.7. The molecule has 0 saturated carbocycles. The van der Waals surface area contributed by atoms with E-state index in [2.05, 4.69) is 25.2 Å². The van der Waals surface area contributed by atoms with Crippen LogP contribution in [0.15, 0.2) is 17.5 Å². The molecule has 2 atom stereocenters. The highest BCUT2D eigenvalue weighted by Gasteiger charge is 2.43. The zero-order valence-corrected chi connectivity index (χ0v) is 13.7. The summed E-state index contributed by atoms with van der Waals surface area (Å²) >= 11 is 1.68. The lowest BCUT2D eigenvalue weighted by atomic mass is 10.0. The molecular formula is C15H24N2O2S. The summed E-state index contributed by atoms with van der Waals surface area (Å²) < 4.78 is 5.49. The van der Waals surface area contributed by atoms with Gasteiger partial charge in [0.1, 0.15) is 6.17 Å². The van der Waals surface area contributed by atoms with Crippen LogP contribution >= 0.6 is 11.3 Å². The fraction of sp³-hybridized carbons (Fsp3) is 0.667. The summed E-state index contributed by atoms with van der Waals surface area (Å²) in [7, 11) is 1.69. The summed E-state index contributed by atoms with van der Waals surface area (Å²) in [5, 5.41) is 5.52. The molecule has 5 heteroatoms. The van der Waals surface area contributed by atoms with Gasteiger partial charge in [-0.25, -0.2) is 0 Å². The highest BCUT2D eigenvalue weighted by molar-refractivity contribution is 7.10. The van der Waals surface area contributed by atoms with Crippen LogP contribution in [0.1, 0.15) is 38.7 Å². The second-order valence-corrected chi connectivity index (χ2v) is 7.22. The fourth-order valence-corrected chi connectivity index (χ4v) is 3.24. The van der Waals surface area contributed by atoms with Crippen molar-refractivity contribution in [3.8, 4) is 0 Å². The van der Waals surface area contributed by atoms with Crippen LogP contribution in [0.2, 0.25) is 0 Å². The third-order valence-electron chi connectivity index (χ3n) is 3.78. The molecular weight excluding hydrogens is 272 g/mol. The molecule has 1 aromatic heterocycles. The van der Waals surface area contributed by atoms with Crippen molar-refractivity contribution in [3.05, 3.63) is 22.4 Å². The van der Waals surface area contributed by atoms with E-state index in [0.29, 0.717) is 6.54 Å². The van der Waals surface area contributed by atoms with Crippen molar-refractivity contribution in [1.82, 2.24) is 10.2 Å². The van der Waals surface area contributed by atoms with E-state index >= 15 is 0 Å². The van der Waals surface area contributed by atoms with Crippen molar-refractivity contribution in [3.63, 3.8) is 0 Å². The zero-order chi connectivity index (χ0) is 14.9. The van der Waals surface area contributed by atoms with Crippen molar-refractivity contribution < 1.29 is 9.53 Å². The van der Waals surface area contributed by atoms with E-state index in [1.54, 1.807) is 18.4 Å². The first-order chi connectivity index (χ1) is 9.35. The minimum Gasteiger partial charge on any atom is -0.377 e. The number of nitrogens with one attached hydrogen (secondary N) is 1. The number of hydrogen-bond donors (Lipinski definition) is 1. The number of rotatable bonds is 5. The van der Waals surface area contributed by atoms with Gasteiger partial charge in [-0.1, -0.05) is 19.9 Å². The Morgan fingerprint density at radius 1 is 1.50 bits per heavy atom. The molecule has 20 heavy (non-hydrogen) atoms. The molecule has 1 aromatic rings. The Bertz CT molecular complexity index is 456. The highest BCUT2D eigenvalue weighted by atomic mass is 32.1. The number of hydrogen-bond acceptors (Lipinski definition) is 4. The molecule has 0 aliphatic carbocycles. The molecule has 112 valence electrons. The van der Waals surface area contributed by atoms with Gasteiger partial charge in [0.15, 0.2) is 0 Å². The number of amides is 1. The van der Waals surface area contributed by atoms with Crippen molar-refractivity contribution in [1.29, 1.82) is 0 Å². The number of methoxy groups -OCH3 is 1. The number of ether oxygens (including phenoxy) is 1. The standard InChI is InChI=1S/C15H24N2O2S/c1-10(2)12-14(18)17(9-15(3,4)19-5)13(16-12)11-7-6-8-20-11/h6-8,10,12-13,16H,9H2,1-5H3. The maximum absolute atomic E-state index is 12.7. The van der Waals surface area contributed by atoms with E-state index in [-0.39, 0.29) is 29.6 Å². The van der Waals surface area contributed by atoms with Gasteiger partial charge < -0.3 is 9.64 Å². The molecule has 1 aliphatic rings. The number of thiophene rings is 1. The molecule has 0 bridgehead atoms. The molecule has 1 aliphatic heterocycles. The number of carbonyl (C=O) groups is 1. The van der Waals surface area contributed by atoms with Crippen molar-refractivity contribution in [2.75, 3.05) is 13.7 Å². The first-order valence-electron chi connectivity index (χ1n) is 7.01. The molecule has 1 amide bonds. The van der Waals surface area contributed by atoms with Crippen LogP contribution in [0.3, 0.4) is 0 Å². The predicted octanol–water partition coefficient (Wildman–Crippen LogP) is 2.63. The molecule has 1 saturated heterocycles. The van der Waals surface area contributed by atoms with E-state index < -0.39 is 0 Å². The largest absolute Gasteiger partial charge is 0.377 e. The van der Waals surface area contributed by atoms with Crippen LogP contribution in [0, 0.1) is 5.92 Å². The molecule has 0 radical (unpaired) electrons. The Morgan fingerprint density at radius 2 is 2.20 bits per heavy atom. The molecule has 2 rings (SSSR count). The van der Waals surface area contributed by atoms with Gasteiger partial charge in [-0.15, -0.1) is 11.3 Å². The third kappa shape index (κ3) is 3.05. The zero-order valence-electron chi connectivity index (χ0n) is 12.8. The van der Waals surface area contributed by atoms with Gasteiger partial charge in [0.2, 0.25) is 5.91 Å². The molecule has 0 aromatic carbocycles. The van der Waals surface area contributed by atoms with E-state index in [9.17, 15) is 4.79 Å². The Labute approximate surface area is 125 Å². The van der Waals surface area contributed by atoms with Gasteiger partial charge >= 0.3 is 0 Å². The van der Waals surface area contributed by atoms with Gasteiger partial charge in [0.25, 0.3) is 0 Å². The second kappa shape index (κ2) is 5.84. The molecule has 2 unspecified atom stereocenters. The number of nitrogens with zero attached hydrogens (tertiary/aromatic N) is 1. The minimum atomic E-state index is -0.348. The van der Waals surface area contributed by atoms with E-state index in [0.717, 1.165) is 0 Å². The fourth-order valence-electron chi connectivity index (χ4n) is 2.44. The minimum absolute atomic E-state index is 0.0377. The average molecular weight is 296 g/mol. The van der Waals surface area contributed by atoms with E-state index in [1.165, 1.54) is 4.88 Å². The highest BCUT2D eigenvalue weighted by Crippen LogP contribution is 2.32. The van der Waals surface area contributed by atoms with E-state index in [1.807, 2.05) is 30.2 Å². The van der Waals surface area contributed by atoms with Crippen molar-refractivity contribution in [2.24, 2.45) is 5.92 Å². The average Bonchev–Trinajstić information content (AvgIpc) is 2.99. The van der Waals surface area contributed by atoms with Crippen molar-refractivity contribution in [2.45, 2.75) is 45.5 Å². The Hall–Kier alpha value is -0.910. The van der Waals surface area contributed by atoms with Crippen molar-refractivity contribution >= 4 is 17.2 Å². The lowest BCUT2D eigenvalue weighted by Gasteiger charge is -2.32. The smallest absolute Gasteiger partial charge is 0.241 e.